The van der Waals surface area contributed by atoms with Crippen LogP contribution in [0.3, 0.4) is 0 Å². The smallest absolute Gasteiger partial charge is 0.272 e. The van der Waals surface area contributed by atoms with Crippen molar-refractivity contribution < 1.29 is 19.4 Å². The molecule has 12 nitrogen and oxygen atoms in total. The molecule has 0 atom stereocenters. The highest BCUT2D eigenvalue weighted by molar-refractivity contribution is 7.11. The van der Waals surface area contributed by atoms with Crippen LogP contribution in [0.5, 0.6) is 5.75 Å². The molecule has 3 aromatic rings. The van der Waals surface area contributed by atoms with Crippen LogP contribution in [0.1, 0.15) is 33.3 Å². The van der Waals surface area contributed by atoms with E-state index in [-0.39, 0.29) is 40.7 Å². The third-order valence-corrected chi connectivity index (χ3v) is 6.80. The van der Waals surface area contributed by atoms with Crippen molar-refractivity contribution in [3.8, 4) is 16.9 Å². The number of rotatable bonds is 10. The number of nitrogens with two attached hydrogens (primary N) is 2. The van der Waals surface area contributed by atoms with Crippen LogP contribution in [0.15, 0.2) is 65.3 Å². The highest BCUT2D eigenvalue weighted by Crippen LogP contribution is 2.37. The fourth-order valence-electron chi connectivity index (χ4n) is 3.77. The van der Waals surface area contributed by atoms with Crippen LogP contribution in [-0.2, 0) is 11.3 Å². The molecule has 13 heteroatoms. The van der Waals surface area contributed by atoms with E-state index in [9.17, 15) is 14.7 Å². The van der Waals surface area contributed by atoms with Crippen LogP contribution < -0.4 is 21.5 Å². The summed E-state index contributed by atoms with van der Waals surface area (Å²) in [7, 11) is 3.20. The second kappa shape index (κ2) is 12.4. The Labute approximate surface area is 235 Å². The number of aliphatic hydroxyl groups excluding tert-OH is 1. The summed E-state index contributed by atoms with van der Waals surface area (Å²) in [5.41, 5.74) is 14.3. The van der Waals surface area contributed by atoms with Crippen molar-refractivity contribution >= 4 is 34.7 Å². The summed E-state index contributed by atoms with van der Waals surface area (Å²) >= 11 is 1.44. The molecule has 0 spiro atoms. The van der Waals surface area contributed by atoms with Crippen molar-refractivity contribution in [3.63, 3.8) is 0 Å². The molecule has 1 aromatic carbocycles. The van der Waals surface area contributed by atoms with Crippen LogP contribution in [-0.4, -0.2) is 57.0 Å². The summed E-state index contributed by atoms with van der Waals surface area (Å²) in [4.78, 5) is 34.7. The first-order chi connectivity index (χ1) is 19.2. The van der Waals surface area contributed by atoms with Gasteiger partial charge >= 0.3 is 0 Å². The van der Waals surface area contributed by atoms with Crippen LogP contribution in [0.4, 0.5) is 5.69 Å². The molecule has 40 heavy (non-hydrogen) atoms. The van der Waals surface area contributed by atoms with Gasteiger partial charge < -0.3 is 31.5 Å². The number of amidine groups is 1. The van der Waals surface area contributed by atoms with Gasteiger partial charge in [0.05, 0.1) is 30.7 Å². The number of carbonyl (C=O) groups is 2. The van der Waals surface area contributed by atoms with E-state index in [4.69, 9.17) is 16.2 Å². The van der Waals surface area contributed by atoms with Crippen molar-refractivity contribution in [2.45, 2.75) is 26.3 Å². The summed E-state index contributed by atoms with van der Waals surface area (Å²) in [5, 5.41) is 22.3. The number of ether oxygens (including phenoxy) is 1. The van der Waals surface area contributed by atoms with Crippen LogP contribution in [0.2, 0.25) is 0 Å². The molecule has 0 bridgehead atoms. The first-order valence-electron chi connectivity index (χ1n) is 12.3. The number of nitrogens with one attached hydrogen (secondary N) is 1. The van der Waals surface area contributed by atoms with E-state index in [1.807, 2.05) is 13.0 Å². The quantitative estimate of drug-likeness (QED) is 0.124. The van der Waals surface area contributed by atoms with Gasteiger partial charge in [-0.05, 0) is 31.9 Å². The minimum atomic E-state index is -0.282. The zero-order valence-corrected chi connectivity index (χ0v) is 23.1. The SMILES string of the molecule is COc1c(NC(=C/C(N)=NC(=O)C2CC2)/C(N)=C\O)cccc1-c1ccc(C(=O)N(C)Cc2nnc(C)s2)nc1. The number of anilines is 1. The number of amides is 2. The number of para-hydroxylation sites is 1. The van der Waals surface area contributed by atoms with Crippen molar-refractivity contribution in [1.82, 2.24) is 20.1 Å². The standard InChI is InChI=1S/C27H30N8O4S/c1-15-33-34-24(40-15)13-35(2)27(38)21-10-9-17(12-30-21)18-5-4-6-20(25(18)39-3)31-22(19(28)14-36)11-23(29)32-26(37)16-7-8-16/h4-6,9-12,14,16,31,36H,7-8,13,28H2,1-3H3,(H2,29,32,37)/b19-14+,22-11+. The van der Waals surface area contributed by atoms with E-state index in [2.05, 4.69) is 25.5 Å². The lowest BCUT2D eigenvalue weighted by atomic mass is 10.0. The summed E-state index contributed by atoms with van der Waals surface area (Å²) in [6.07, 6.45) is 5.28. The predicted octanol–water partition coefficient (Wildman–Crippen LogP) is 3.14. The first-order valence-corrected chi connectivity index (χ1v) is 13.2. The third kappa shape index (κ3) is 6.80. The number of carbonyl (C=O) groups excluding carboxylic acids is 2. The molecule has 2 heterocycles. The molecule has 1 aliphatic carbocycles. The number of methoxy groups -OCH3 is 1. The fourth-order valence-corrected chi connectivity index (χ4v) is 4.53. The molecule has 208 valence electrons. The number of aromatic nitrogens is 3. The Morgan fingerprint density at radius 1 is 1.25 bits per heavy atom. The molecule has 0 unspecified atom stereocenters. The topological polar surface area (TPSA) is 182 Å². The molecule has 4 rings (SSSR count). The second-order valence-electron chi connectivity index (χ2n) is 9.11. The normalized spacial score (nSPS) is 14.1. The number of nitrogens with zero attached hydrogens (tertiary/aromatic N) is 5. The Bertz CT molecular complexity index is 1490. The maximum Gasteiger partial charge on any atom is 0.272 e. The number of benzene rings is 1. The Balaban J connectivity index is 1.56. The predicted molar refractivity (Wildman–Crippen MR) is 153 cm³/mol. The maximum atomic E-state index is 12.9. The number of aliphatic hydroxyl groups is 1. The van der Waals surface area contributed by atoms with E-state index in [0.29, 0.717) is 35.4 Å². The molecular weight excluding hydrogens is 532 g/mol. The Morgan fingerprint density at radius 2 is 2.02 bits per heavy atom. The van der Waals surface area contributed by atoms with E-state index in [0.717, 1.165) is 22.9 Å². The van der Waals surface area contributed by atoms with Gasteiger partial charge in [-0.25, -0.2) is 0 Å². The van der Waals surface area contributed by atoms with Crippen molar-refractivity contribution in [1.29, 1.82) is 0 Å². The van der Waals surface area contributed by atoms with Gasteiger partial charge in [-0.2, -0.15) is 4.99 Å². The lowest BCUT2D eigenvalue weighted by molar-refractivity contribution is -0.118. The van der Waals surface area contributed by atoms with Crippen LogP contribution >= 0.6 is 11.3 Å². The van der Waals surface area contributed by atoms with Gasteiger partial charge in [0.2, 0.25) is 0 Å². The van der Waals surface area contributed by atoms with Gasteiger partial charge in [0.25, 0.3) is 11.8 Å². The van der Waals surface area contributed by atoms with Crippen molar-refractivity contribution in [2.24, 2.45) is 22.4 Å². The van der Waals surface area contributed by atoms with Gasteiger partial charge in [0.1, 0.15) is 33.6 Å². The summed E-state index contributed by atoms with van der Waals surface area (Å²) < 4.78 is 5.70. The first kappa shape index (κ1) is 28.2. The molecule has 1 fully saturated rings. The highest BCUT2D eigenvalue weighted by Gasteiger charge is 2.29. The van der Waals surface area contributed by atoms with Crippen molar-refractivity contribution in [3.05, 3.63) is 76.0 Å². The number of hydrogen-bond acceptors (Lipinski definition) is 10. The van der Waals surface area contributed by atoms with Gasteiger partial charge in [0.15, 0.2) is 0 Å². The molecule has 6 N–H and O–H groups in total. The second-order valence-corrected chi connectivity index (χ2v) is 10.4. The molecule has 2 amide bonds. The molecular formula is C27H30N8O4S. The van der Waals surface area contributed by atoms with E-state index in [1.165, 1.54) is 29.4 Å². The van der Waals surface area contributed by atoms with E-state index >= 15 is 0 Å². The number of pyridine rings is 1. The maximum absolute atomic E-state index is 12.9. The summed E-state index contributed by atoms with van der Waals surface area (Å²) in [6, 6.07) is 8.80. The average molecular weight is 563 g/mol. The zero-order valence-electron chi connectivity index (χ0n) is 22.3. The van der Waals surface area contributed by atoms with Gasteiger partial charge in [-0.3, -0.25) is 14.6 Å². The number of hydrogen-bond donors (Lipinski definition) is 4. The fraction of sp³-hybridized carbons (Fsp3) is 0.259. The molecule has 0 aliphatic heterocycles. The van der Waals surface area contributed by atoms with Gasteiger partial charge in [-0.15, -0.1) is 10.2 Å². The Hall–Kier alpha value is -4.78. The largest absolute Gasteiger partial charge is 0.513 e. The monoisotopic (exact) mass is 562 g/mol. The van der Waals surface area contributed by atoms with E-state index < -0.39 is 0 Å². The Morgan fingerprint density at radius 3 is 2.62 bits per heavy atom. The van der Waals surface area contributed by atoms with E-state index in [1.54, 1.807) is 37.5 Å². The van der Waals surface area contributed by atoms with Crippen LogP contribution in [0, 0.1) is 12.8 Å². The Kier molecular flexibility index (Phi) is 8.74. The molecule has 0 saturated heterocycles. The summed E-state index contributed by atoms with van der Waals surface area (Å²) in [6.45, 7) is 2.19. The summed E-state index contributed by atoms with van der Waals surface area (Å²) in [5.74, 6) is -0.207. The minimum Gasteiger partial charge on any atom is -0.513 e. The minimum absolute atomic E-state index is 0.0261. The average Bonchev–Trinajstić information content (AvgIpc) is 3.73. The van der Waals surface area contributed by atoms with Crippen LogP contribution in [0.25, 0.3) is 11.1 Å². The third-order valence-electron chi connectivity index (χ3n) is 5.98. The number of aryl methyl sites for hydroxylation is 1. The van der Waals surface area contributed by atoms with Gasteiger partial charge in [-0.1, -0.05) is 29.5 Å². The molecule has 1 saturated carbocycles. The van der Waals surface area contributed by atoms with Crippen molar-refractivity contribution in [2.75, 3.05) is 19.5 Å². The highest BCUT2D eigenvalue weighted by atomic mass is 32.1. The lowest BCUT2D eigenvalue weighted by Gasteiger charge is -2.18. The zero-order chi connectivity index (χ0) is 28.8. The number of aliphatic imine (C=N–C) groups is 1. The molecule has 2 aromatic heterocycles. The van der Waals surface area contributed by atoms with Gasteiger partial charge in [0, 0.05) is 36.4 Å². The lowest BCUT2D eigenvalue weighted by Crippen LogP contribution is -2.26. The molecule has 1 aliphatic rings. The molecule has 0 radical (unpaired) electrons.